The molecule has 1 aromatic rings. The van der Waals surface area contributed by atoms with Crippen molar-refractivity contribution in [3.8, 4) is 6.07 Å². The van der Waals surface area contributed by atoms with Crippen LogP contribution in [0.25, 0.3) is 6.08 Å². The molecule has 0 aliphatic heterocycles. The van der Waals surface area contributed by atoms with E-state index in [1.807, 2.05) is 25.1 Å². The van der Waals surface area contributed by atoms with Gasteiger partial charge in [-0.1, -0.05) is 6.07 Å². The molecule has 60 valence electrons. The first-order valence-corrected chi connectivity index (χ1v) is 4.63. The maximum atomic E-state index is 8.33. The van der Waals surface area contributed by atoms with E-state index in [1.165, 1.54) is 15.2 Å². The van der Waals surface area contributed by atoms with E-state index in [4.69, 9.17) is 5.26 Å². The van der Waals surface area contributed by atoms with E-state index in [0.717, 1.165) is 5.56 Å². The summed E-state index contributed by atoms with van der Waals surface area (Å²) in [6.07, 6.45) is 3.31. The van der Waals surface area contributed by atoms with Crippen LogP contribution < -0.4 is 0 Å². The first kappa shape index (κ1) is 9.27. The minimum atomic E-state index is 1.08. The van der Waals surface area contributed by atoms with Crippen LogP contribution in [-0.2, 0) is 0 Å². The van der Waals surface area contributed by atoms with E-state index in [-0.39, 0.29) is 0 Å². The number of aryl methyl sites for hydroxylation is 1. The first-order valence-electron chi connectivity index (χ1n) is 3.56. The van der Waals surface area contributed by atoms with Gasteiger partial charge in [0.05, 0.1) is 6.07 Å². The van der Waals surface area contributed by atoms with Crippen LogP contribution in [0.1, 0.15) is 11.1 Å². The third kappa shape index (κ3) is 2.67. The molecule has 0 unspecified atom stereocenters. The average molecular weight is 269 g/mol. The lowest BCUT2D eigenvalue weighted by Gasteiger charge is -1.97. The van der Waals surface area contributed by atoms with Crippen molar-refractivity contribution in [2.45, 2.75) is 6.92 Å². The van der Waals surface area contributed by atoms with Crippen LogP contribution in [0.2, 0.25) is 0 Å². The van der Waals surface area contributed by atoms with Crippen molar-refractivity contribution in [1.82, 2.24) is 0 Å². The predicted molar refractivity (Wildman–Crippen MR) is 58.5 cm³/mol. The van der Waals surface area contributed by atoms with Gasteiger partial charge < -0.3 is 0 Å². The van der Waals surface area contributed by atoms with Crippen molar-refractivity contribution in [3.05, 3.63) is 39.0 Å². The highest BCUT2D eigenvalue weighted by Crippen LogP contribution is 2.12. The van der Waals surface area contributed by atoms with E-state index >= 15 is 0 Å². The number of nitriles is 1. The number of nitrogens with zero attached hydrogens (tertiary/aromatic N) is 1. The molecule has 0 aromatic heterocycles. The highest BCUT2D eigenvalue weighted by atomic mass is 127. The second-order valence-electron chi connectivity index (χ2n) is 2.52. The first-order chi connectivity index (χ1) is 5.72. The molecule has 0 aliphatic rings. The molecular formula is C10H8IN. The molecule has 2 heteroatoms. The predicted octanol–water partition coefficient (Wildman–Crippen LogP) is 3.14. The zero-order valence-electron chi connectivity index (χ0n) is 6.71. The van der Waals surface area contributed by atoms with Gasteiger partial charge in [-0.3, -0.25) is 0 Å². The van der Waals surface area contributed by atoms with Gasteiger partial charge in [-0.05, 0) is 58.9 Å². The zero-order valence-corrected chi connectivity index (χ0v) is 8.87. The van der Waals surface area contributed by atoms with Gasteiger partial charge in [0.1, 0.15) is 0 Å². The molecule has 0 saturated heterocycles. The summed E-state index contributed by atoms with van der Waals surface area (Å²) in [6.45, 7) is 2.05. The molecule has 0 saturated carbocycles. The molecular weight excluding hydrogens is 261 g/mol. The van der Waals surface area contributed by atoms with Crippen molar-refractivity contribution in [1.29, 1.82) is 5.26 Å². The third-order valence-electron chi connectivity index (χ3n) is 1.41. The second-order valence-corrected chi connectivity index (χ2v) is 3.77. The Morgan fingerprint density at radius 2 is 2.17 bits per heavy atom. The summed E-state index contributed by atoms with van der Waals surface area (Å²) < 4.78 is 1.20. The highest BCUT2D eigenvalue weighted by Gasteiger charge is 1.91. The van der Waals surface area contributed by atoms with Crippen molar-refractivity contribution in [2.24, 2.45) is 0 Å². The standard InChI is InChI=1S/C10H8IN/c1-8-5-9(3-2-4-12)7-10(11)6-8/h2-3,5-7H,1H3/b3-2+. The molecule has 0 amide bonds. The quantitative estimate of drug-likeness (QED) is 0.567. The summed E-state index contributed by atoms with van der Waals surface area (Å²) in [5.41, 5.74) is 2.31. The van der Waals surface area contributed by atoms with E-state index in [2.05, 4.69) is 34.7 Å². The van der Waals surface area contributed by atoms with E-state index in [1.54, 1.807) is 0 Å². The fourth-order valence-electron chi connectivity index (χ4n) is 0.994. The molecule has 0 N–H and O–H groups in total. The van der Waals surface area contributed by atoms with E-state index in [0.29, 0.717) is 0 Å². The number of rotatable bonds is 1. The van der Waals surface area contributed by atoms with Gasteiger partial charge >= 0.3 is 0 Å². The number of allylic oxidation sites excluding steroid dienone is 1. The SMILES string of the molecule is Cc1cc(I)cc(/C=C/C#N)c1. The van der Waals surface area contributed by atoms with Crippen LogP contribution in [0.3, 0.4) is 0 Å². The zero-order chi connectivity index (χ0) is 8.97. The molecule has 0 aliphatic carbocycles. The van der Waals surface area contributed by atoms with Crippen LogP contribution in [0.4, 0.5) is 0 Å². The molecule has 1 aromatic carbocycles. The minimum Gasteiger partial charge on any atom is -0.193 e. The Labute approximate surface area is 85.9 Å². The number of benzene rings is 1. The molecule has 0 radical (unpaired) electrons. The molecule has 0 bridgehead atoms. The summed E-state index contributed by atoms with van der Waals surface area (Å²) in [5.74, 6) is 0. The lowest BCUT2D eigenvalue weighted by atomic mass is 10.1. The van der Waals surface area contributed by atoms with Gasteiger partial charge in [0.25, 0.3) is 0 Å². The van der Waals surface area contributed by atoms with Crippen molar-refractivity contribution >= 4 is 28.7 Å². The van der Waals surface area contributed by atoms with Gasteiger partial charge in [0.2, 0.25) is 0 Å². The fraction of sp³-hybridized carbons (Fsp3) is 0.100. The number of hydrogen-bond donors (Lipinski definition) is 0. The Bertz CT molecular complexity index is 327. The molecule has 0 fully saturated rings. The average Bonchev–Trinajstić information content (AvgIpc) is 1.99. The third-order valence-corrected chi connectivity index (χ3v) is 2.04. The molecule has 12 heavy (non-hydrogen) atoms. The van der Waals surface area contributed by atoms with Crippen LogP contribution in [0.15, 0.2) is 24.3 Å². The van der Waals surface area contributed by atoms with E-state index in [9.17, 15) is 0 Å². The van der Waals surface area contributed by atoms with Gasteiger partial charge in [-0.2, -0.15) is 5.26 Å². The highest BCUT2D eigenvalue weighted by molar-refractivity contribution is 14.1. The van der Waals surface area contributed by atoms with Crippen molar-refractivity contribution < 1.29 is 0 Å². The summed E-state index contributed by atoms with van der Waals surface area (Å²) in [4.78, 5) is 0. The lowest BCUT2D eigenvalue weighted by Crippen LogP contribution is -1.78. The Balaban J connectivity index is 3.03. The van der Waals surface area contributed by atoms with Gasteiger partial charge in [0.15, 0.2) is 0 Å². The number of hydrogen-bond acceptors (Lipinski definition) is 1. The molecule has 0 heterocycles. The topological polar surface area (TPSA) is 23.8 Å². The molecule has 0 atom stereocenters. The molecule has 1 nitrogen and oxygen atoms in total. The summed E-state index contributed by atoms with van der Waals surface area (Å²) in [7, 11) is 0. The molecule has 1 rings (SSSR count). The van der Waals surface area contributed by atoms with Crippen molar-refractivity contribution in [3.63, 3.8) is 0 Å². The summed E-state index contributed by atoms with van der Waals surface area (Å²) in [6, 6.07) is 8.17. The maximum absolute atomic E-state index is 8.33. The van der Waals surface area contributed by atoms with Gasteiger partial charge in [-0.25, -0.2) is 0 Å². The van der Waals surface area contributed by atoms with Crippen molar-refractivity contribution in [2.75, 3.05) is 0 Å². The normalized spacial score (nSPS) is 10.1. The van der Waals surface area contributed by atoms with Gasteiger partial charge in [-0.15, -0.1) is 0 Å². The van der Waals surface area contributed by atoms with Crippen LogP contribution >= 0.6 is 22.6 Å². The van der Waals surface area contributed by atoms with Crippen LogP contribution in [0.5, 0.6) is 0 Å². The summed E-state index contributed by atoms with van der Waals surface area (Å²) >= 11 is 2.27. The Morgan fingerprint density at radius 1 is 1.42 bits per heavy atom. The van der Waals surface area contributed by atoms with Gasteiger partial charge in [0, 0.05) is 9.65 Å². The largest absolute Gasteiger partial charge is 0.193 e. The minimum absolute atomic E-state index is 1.08. The fourth-order valence-corrected chi connectivity index (χ4v) is 1.85. The lowest BCUT2D eigenvalue weighted by molar-refractivity contribution is 1.43. The Hall–Kier alpha value is -0.820. The Kier molecular flexibility index (Phi) is 3.30. The Morgan fingerprint density at radius 3 is 2.75 bits per heavy atom. The molecule has 0 spiro atoms. The van der Waals surface area contributed by atoms with Crippen LogP contribution in [-0.4, -0.2) is 0 Å². The monoisotopic (exact) mass is 269 g/mol. The second kappa shape index (κ2) is 4.27. The summed E-state index contributed by atoms with van der Waals surface area (Å²) in [5, 5.41) is 8.33. The maximum Gasteiger partial charge on any atom is 0.0912 e. The van der Waals surface area contributed by atoms with E-state index < -0.39 is 0 Å². The smallest absolute Gasteiger partial charge is 0.0912 e. The van der Waals surface area contributed by atoms with Crippen LogP contribution in [0, 0.1) is 21.8 Å². The number of halogens is 1.